The maximum absolute atomic E-state index is 13.8. The van der Waals surface area contributed by atoms with E-state index >= 15 is 0 Å². The molecule has 1 aromatic carbocycles. The van der Waals surface area contributed by atoms with Crippen molar-refractivity contribution in [2.24, 2.45) is 11.5 Å². The van der Waals surface area contributed by atoms with Crippen LogP contribution in [0.5, 0.6) is 0 Å². The molecule has 0 atom stereocenters. The van der Waals surface area contributed by atoms with Crippen LogP contribution >= 0.6 is 12.2 Å². The van der Waals surface area contributed by atoms with Crippen LogP contribution in [-0.4, -0.2) is 20.7 Å². The van der Waals surface area contributed by atoms with Gasteiger partial charge in [-0.05, 0) is 24.3 Å². The average molecular weight is 264 g/mol. The molecule has 0 fully saturated rings. The van der Waals surface area contributed by atoms with E-state index in [1.54, 1.807) is 6.07 Å². The summed E-state index contributed by atoms with van der Waals surface area (Å²) in [5.41, 5.74) is 11.1. The lowest BCUT2D eigenvalue weighted by atomic mass is 10.2. The third-order valence-electron chi connectivity index (χ3n) is 2.32. The van der Waals surface area contributed by atoms with Crippen molar-refractivity contribution in [2.45, 2.75) is 0 Å². The summed E-state index contributed by atoms with van der Waals surface area (Å²) in [6, 6.07) is 5.67. The van der Waals surface area contributed by atoms with Gasteiger partial charge in [0, 0.05) is 11.8 Å². The van der Waals surface area contributed by atoms with Crippen molar-refractivity contribution in [3.63, 3.8) is 0 Å². The number of nitrogens with zero attached hydrogens (tertiary/aromatic N) is 2. The van der Waals surface area contributed by atoms with Gasteiger partial charge in [0.25, 0.3) is 5.91 Å². The summed E-state index contributed by atoms with van der Waals surface area (Å²) < 4.78 is 15.0. The summed E-state index contributed by atoms with van der Waals surface area (Å²) in [4.78, 5) is 11.0. The van der Waals surface area contributed by atoms with Gasteiger partial charge in [-0.3, -0.25) is 4.79 Å². The van der Waals surface area contributed by atoms with Crippen molar-refractivity contribution < 1.29 is 9.18 Å². The molecule has 0 bridgehead atoms. The number of benzene rings is 1. The van der Waals surface area contributed by atoms with Crippen LogP contribution in [0.15, 0.2) is 30.5 Å². The lowest BCUT2D eigenvalue weighted by Crippen LogP contribution is -2.13. The highest BCUT2D eigenvalue weighted by molar-refractivity contribution is 7.80. The maximum Gasteiger partial charge on any atom is 0.269 e. The fourth-order valence-electron chi connectivity index (χ4n) is 1.44. The van der Waals surface area contributed by atoms with Crippen LogP contribution in [0.3, 0.4) is 0 Å². The third kappa shape index (κ3) is 2.21. The molecule has 0 saturated heterocycles. The van der Waals surface area contributed by atoms with Crippen LogP contribution in [-0.2, 0) is 0 Å². The number of thiocarbonyl (C=S) groups is 1. The third-order valence-corrected chi connectivity index (χ3v) is 2.56. The van der Waals surface area contributed by atoms with Crippen LogP contribution in [0, 0.1) is 5.82 Å². The molecule has 2 aromatic rings. The summed E-state index contributed by atoms with van der Waals surface area (Å²) in [6.45, 7) is 0. The molecule has 0 spiro atoms. The van der Waals surface area contributed by atoms with E-state index in [0.717, 1.165) is 0 Å². The van der Waals surface area contributed by atoms with Crippen molar-refractivity contribution in [3.8, 4) is 5.69 Å². The second kappa shape index (κ2) is 4.53. The second-order valence-electron chi connectivity index (χ2n) is 3.54. The van der Waals surface area contributed by atoms with Gasteiger partial charge in [0.1, 0.15) is 22.2 Å². The monoisotopic (exact) mass is 264 g/mol. The van der Waals surface area contributed by atoms with Gasteiger partial charge in [0.15, 0.2) is 0 Å². The number of aromatic nitrogens is 2. The zero-order valence-corrected chi connectivity index (χ0v) is 9.95. The Morgan fingerprint density at radius 1 is 1.33 bits per heavy atom. The van der Waals surface area contributed by atoms with Crippen LogP contribution in [0.2, 0.25) is 0 Å². The van der Waals surface area contributed by atoms with E-state index in [9.17, 15) is 9.18 Å². The summed E-state index contributed by atoms with van der Waals surface area (Å²) in [7, 11) is 0. The van der Waals surface area contributed by atoms with E-state index < -0.39 is 11.7 Å². The molecule has 92 valence electrons. The van der Waals surface area contributed by atoms with Crippen LogP contribution in [0.25, 0.3) is 5.69 Å². The molecule has 0 aliphatic heterocycles. The van der Waals surface area contributed by atoms with Gasteiger partial charge in [0.2, 0.25) is 0 Å². The van der Waals surface area contributed by atoms with Gasteiger partial charge in [0.05, 0.1) is 0 Å². The Labute approximate surface area is 107 Å². The van der Waals surface area contributed by atoms with Crippen LogP contribution in [0.4, 0.5) is 4.39 Å². The molecule has 1 heterocycles. The van der Waals surface area contributed by atoms with Gasteiger partial charge in [-0.2, -0.15) is 5.10 Å². The molecule has 2 rings (SSSR count). The lowest BCUT2D eigenvalue weighted by Gasteiger charge is -2.05. The Kier molecular flexibility index (Phi) is 3.07. The van der Waals surface area contributed by atoms with Gasteiger partial charge < -0.3 is 11.5 Å². The van der Waals surface area contributed by atoms with Gasteiger partial charge in [-0.1, -0.05) is 12.2 Å². The van der Waals surface area contributed by atoms with Crippen molar-refractivity contribution >= 4 is 23.1 Å². The Bertz CT molecular complexity index is 638. The van der Waals surface area contributed by atoms with E-state index in [-0.39, 0.29) is 16.4 Å². The number of nitrogens with two attached hydrogens (primary N) is 2. The fourth-order valence-corrected chi connectivity index (χ4v) is 1.56. The first-order valence-electron chi connectivity index (χ1n) is 4.94. The first kappa shape index (κ1) is 12.2. The summed E-state index contributed by atoms with van der Waals surface area (Å²) in [5.74, 6) is -1.21. The zero-order chi connectivity index (χ0) is 13.3. The SMILES string of the molecule is NC(=O)c1ccn(-c2ccc(C(N)=S)cc2F)n1. The Hall–Kier alpha value is -2.28. The van der Waals surface area contributed by atoms with Crippen molar-refractivity contribution in [1.29, 1.82) is 0 Å². The Morgan fingerprint density at radius 2 is 2.06 bits per heavy atom. The highest BCUT2D eigenvalue weighted by Gasteiger charge is 2.10. The predicted molar refractivity (Wildman–Crippen MR) is 67.9 cm³/mol. The predicted octanol–water partition coefficient (Wildman–Crippen LogP) is 0.745. The summed E-state index contributed by atoms with van der Waals surface area (Å²) >= 11 is 4.75. The number of carbonyl (C=O) groups is 1. The topological polar surface area (TPSA) is 86.9 Å². The number of rotatable bonds is 3. The van der Waals surface area contributed by atoms with Gasteiger partial charge in [-0.15, -0.1) is 0 Å². The van der Waals surface area contributed by atoms with Crippen molar-refractivity contribution in [2.75, 3.05) is 0 Å². The highest BCUT2D eigenvalue weighted by Crippen LogP contribution is 2.15. The molecule has 7 heteroatoms. The second-order valence-corrected chi connectivity index (χ2v) is 3.98. The molecule has 0 radical (unpaired) electrons. The molecule has 0 aliphatic rings. The molecule has 0 aliphatic carbocycles. The zero-order valence-electron chi connectivity index (χ0n) is 9.13. The molecule has 0 saturated carbocycles. The first-order chi connectivity index (χ1) is 8.49. The minimum absolute atomic E-state index is 0.0628. The van der Waals surface area contributed by atoms with E-state index in [1.165, 1.54) is 29.1 Å². The van der Waals surface area contributed by atoms with Gasteiger partial charge >= 0.3 is 0 Å². The number of primary amides is 1. The van der Waals surface area contributed by atoms with Crippen LogP contribution in [0.1, 0.15) is 16.1 Å². The van der Waals surface area contributed by atoms with E-state index in [2.05, 4.69) is 5.10 Å². The molecule has 18 heavy (non-hydrogen) atoms. The molecule has 4 N–H and O–H groups in total. The molecule has 0 unspecified atom stereocenters. The molecular formula is C11H9FN4OS. The molecule has 5 nitrogen and oxygen atoms in total. The van der Waals surface area contributed by atoms with Gasteiger partial charge in [-0.25, -0.2) is 9.07 Å². The number of hydrogen-bond donors (Lipinski definition) is 2. The van der Waals surface area contributed by atoms with E-state index in [0.29, 0.717) is 5.56 Å². The van der Waals surface area contributed by atoms with Crippen LogP contribution < -0.4 is 11.5 Å². The first-order valence-corrected chi connectivity index (χ1v) is 5.35. The minimum atomic E-state index is -0.672. The summed E-state index contributed by atoms with van der Waals surface area (Å²) in [6.07, 6.45) is 1.44. The quantitative estimate of drug-likeness (QED) is 0.801. The molecular weight excluding hydrogens is 255 g/mol. The number of halogens is 1. The number of carbonyl (C=O) groups excluding carboxylic acids is 1. The Morgan fingerprint density at radius 3 is 2.56 bits per heavy atom. The van der Waals surface area contributed by atoms with Crippen molar-refractivity contribution in [1.82, 2.24) is 9.78 Å². The normalized spacial score (nSPS) is 10.3. The maximum atomic E-state index is 13.8. The standard InChI is InChI=1S/C11H9FN4OS/c12-7-5-6(11(14)18)1-2-9(7)16-4-3-8(15-16)10(13)17/h1-5H,(H2,13,17)(H2,14,18). The van der Waals surface area contributed by atoms with Crippen molar-refractivity contribution in [3.05, 3.63) is 47.5 Å². The van der Waals surface area contributed by atoms with E-state index in [1.807, 2.05) is 0 Å². The minimum Gasteiger partial charge on any atom is -0.389 e. The Balaban J connectivity index is 2.44. The fraction of sp³-hybridized carbons (Fsp3) is 0. The summed E-state index contributed by atoms with van der Waals surface area (Å²) in [5, 5.41) is 3.85. The number of hydrogen-bond acceptors (Lipinski definition) is 3. The number of amides is 1. The largest absolute Gasteiger partial charge is 0.389 e. The molecule has 1 aromatic heterocycles. The highest BCUT2D eigenvalue weighted by atomic mass is 32.1. The lowest BCUT2D eigenvalue weighted by molar-refractivity contribution is 0.0995. The molecule has 1 amide bonds. The smallest absolute Gasteiger partial charge is 0.269 e. The van der Waals surface area contributed by atoms with E-state index in [4.69, 9.17) is 23.7 Å². The average Bonchev–Trinajstić information content (AvgIpc) is 2.78.